The molecule has 32 heavy (non-hydrogen) atoms. The lowest BCUT2D eigenvalue weighted by molar-refractivity contribution is -0.117. The van der Waals surface area contributed by atoms with Crippen LogP contribution in [0.2, 0.25) is 0 Å². The lowest BCUT2D eigenvalue weighted by Crippen LogP contribution is -2.27. The number of hydrogen-bond acceptors (Lipinski definition) is 5. The number of aromatic nitrogens is 2. The summed E-state index contributed by atoms with van der Waals surface area (Å²) in [5.41, 5.74) is 8.40. The topological polar surface area (TPSA) is 120 Å². The standard InChI is InChI=1S/C23H20F2N6O/c1-13(14-3-4-20(24)21(25)7-14)31-23(32)15(8-26)5-17-12-30-22-19(17)6-16(11-29-22)18(9-27)10-28-2/h3-7,9-13H,27H2,1-2H3,(H,29,30)(H,31,32)/b15-5+,18-9+,28-10?/t13-/m1/s1. The number of nitriles is 1. The Labute approximate surface area is 183 Å². The third kappa shape index (κ3) is 4.70. The molecule has 9 heteroatoms. The number of rotatable bonds is 6. The molecule has 0 saturated heterocycles. The molecule has 1 atom stereocenters. The fraction of sp³-hybridized carbons (Fsp3) is 0.130. The highest BCUT2D eigenvalue weighted by molar-refractivity contribution is 6.10. The maximum Gasteiger partial charge on any atom is 0.262 e. The zero-order valence-electron chi connectivity index (χ0n) is 17.4. The van der Waals surface area contributed by atoms with Gasteiger partial charge in [0, 0.05) is 53.9 Å². The van der Waals surface area contributed by atoms with E-state index in [1.165, 1.54) is 18.3 Å². The molecule has 2 aromatic heterocycles. The van der Waals surface area contributed by atoms with Crippen molar-refractivity contribution in [1.29, 1.82) is 5.26 Å². The first kappa shape index (κ1) is 22.4. The fourth-order valence-electron chi connectivity index (χ4n) is 3.10. The van der Waals surface area contributed by atoms with Crippen LogP contribution in [0.4, 0.5) is 8.78 Å². The van der Waals surface area contributed by atoms with Crippen LogP contribution in [0.15, 0.2) is 53.4 Å². The Morgan fingerprint density at radius 3 is 2.78 bits per heavy atom. The van der Waals surface area contributed by atoms with E-state index in [1.807, 2.05) is 12.1 Å². The van der Waals surface area contributed by atoms with E-state index < -0.39 is 23.6 Å². The maximum absolute atomic E-state index is 13.5. The Balaban J connectivity index is 1.90. The average molecular weight is 434 g/mol. The molecule has 0 bridgehead atoms. The van der Waals surface area contributed by atoms with E-state index in [0.717, 1.165) is 17.7 Å². The number of carbonyl (C=O) groups is 1. The molecular weight excluding hydrogens is 414 g/mol. The van der Waals surface area contributed by atoms with Gasteiger partial charge in [0.15, 0.2) is 11.6 Å². The Kier molecular flexibility index (Phi) is 6.75. The molecule has 7 nitrogen and oxygen atoms in total. The number of nitrogens with two attached hydrogens (primary N) is 1. The zero-order valence-corrected chi connectivity index (χ0v) is 17.4. The van der Waals surface area contributed by atoms with E-state index >= 15 is 0 Å². The number of fused-ring (bicyclic) bond motifs is 1. The molecule has 1 aromatic carbocycles. The van der Waals surface area contributed by atoms with Gasteiger partial charge in [-0.05, 0) is 36.8 Å². The Morgan fingerprint density at radius 2 is 2.12 bits per heavy atom. The molecule has 1 amide bonds. The van der Waals surface area contributed by atoms with Gasteiger partial charge in [-0.1, -0.05) is 6.07 Å². The van der Waals surface area contributed by atoms with E-state index in [2.05, 4.69) is 20.3 Å². The highest BCUT2D eigenvalue weighted by Gasteiger charge is 2.16. The van der Waals surface area contributed by atoms with Gasteiger partial charge >= 0.3 is 0 Å². The van der Waals surface area contributed by atoms with Gasteiger partial charge in [-0.25, -0.2) is 13.8 Å². The van der Waals surface area contributed by atoms with Gasteiger partial charge in [0.1, 0.15) is 17.3 Å². The third-order valence-electron chi connectivity index (χ3n) is 4.80. The minimum Gasteiger partial charge on any atom is -0.404 e. The number of aromatic amines is 1. The smallest absolute Gasteiger partial charge is 0.262 e. The van der Waals surface area contributed by atoms with Crippen LogP contribution >= 0.6 is 0 Å². The number of allylic oxidation sites excluding steroid dienone is 1. The highest BCUT2D eigenvalue weighted by atomic mass is 19.2. The average Bonchev–Trinajstić information content (AvgIpc) is 3.19. The summed E-state index contributed by atoms with van der Waals surface area (Å²) >= 11 is 0. The molecular formula is C23H20F2N6O. The quantitative estimate of drug-likeness (QED) is 0.312. The van der Waals surface area contributed by atoms with Crippen molar-refractivity contribution >= 4 is 34.8 Å². The number of hydrogen-bond donors (Lipinski definition) is 3. The first-order valence-electron chi connectivity index (χ1n) is 9.57. The van der Waals surface area contributed by atoms with Crippen LogP contribution in [-0.4, -0.2) is 29.1 Å². The Bertz CT molecular complexity index is 1300. The number of nitrogens with zero attached hydrogens (tertiary/aromatic N) is 3. The second-order valence-corrected chi connectivity index (χ2v) is 6.91. The number of halogens is 2. The predicted molar refractivity (Wildman–Crippen MR) is 119 cm³/mol. The van der Waals surface area contributed by atoms with Gasteiger partial charge < -0.3 is 16.0 Å². The SMILES string of the molecule is CN=C/C(=C\N)c1cnc2[nH]cc(/C=C(\C#N)C(=O)N[C@H](C)c3ccc(F)c(F)c3)c2c1. The molecule has 0 radical (unpaired) electrons. The summed E-state index contributed by atoms with van der Waals surface area (Å²) in [4.78, 5) is 23.9. The second-order valence-electron chi connectivity index (χ2n) is 6.91. The first-order chi connectivity index (χ1) is 15.4. The summed E-state index contributed by atoms with van der Waals surface area (Å²) in [6.45, 7) is 1.61. The molecule has 2 heterocycles. The van der Waals surface area contributed by atoms with E-state index in [4.69, 9.17) is 5.73 Å². The molecule has 0 fully saturated rings. The molecule has 3 rings (SSSR count). The van der Waals surface area contributed by atoms with E-state index in [-0.39, 0.29) is 5.57 Å². The largest absolute Gasteiger partial charge is 0.404 e. The molecule has 0 spiro atoms. The van der Waals surface area contributed by atoms with Crippen molar-refractivity contribution in [2.45, 2.75) is 13.0 Å². The van der Waals surface area contributed by atoms with Gasteiger partial charge in [-0.2, -0.15) is 5.26 Å². The van der Waals surface area contributed by atoms with Crippen LogP contribution in [0.25, 0.3) is 22.7 Å². The molecule has 162 valence electrons. The fourth-order valence-corrected chi connectivity index (χ4v) is 3.10. The predicted octanol–water partition coefficient (Wildman–Crippen LogP) is 3.63. The van der Waals surface area contributed by atoms with Crippen LogP contribution in [0, 0.1) is 23.0 Å². The summed E-state index contributed by atoms with van der Waals surface area (Å²) in [6.07, 6.45) is 7.70. The lowest BCUT2D eigenvalue weighted by atomic mass is 10.1. The lowest BCUT2D eigenvalue weighted by Gasteiger charge is -2.14. The third-order valence-corrected chi connectivity index (χ3v) is 4.80. The minimum absolute atomic E-state index is 0.157. The summed E-state index contributed by atoms with van der Waals surface area (Å²) in [5.74, 6) is -2.64. The van der Waals surface area contributed by atoms with Crippen LogP contribution in [0.3, 0.4) is 0 Å². The van der Waals surface area contributed by atoms with Crippen molar-refractivity contribution in [2.75, 3.05) is 7.05 Å². The van der Waals surface area contributed by atoms with Crippen LogP contribution in [0.1, 0.15) is 29.7 Å². The minimum atomic E-state index is -1.01. The van der Waals surface area contributed by atoms with Crippen LogP contribution < -0.4 is 11.1 Å². The molecule has 0 aliphatic carbocycles. The van der Waals surface area contributed by atoms with Gasteiger partial charge in [-0.15, -0.1) is 0 Å². The summed E-state index contributed by atoms with van der Waals surface area (Å²) < 4.78 is 26.6. The summed E-state index contributed by atoms with van der Waals surface area (Å²) in [5, 5.41) is 12.8. The van der Waals surface area contributed by atoms with Gasteiger partial charge in [0.25, 0.3) is 5.91 Å². The number of H-pyrrole nitrogens is 1. The van der Waals surface area contributed by atoms with Crippen LogP contribution in [0.5, 0.6) is 0 Å². The number of amides is 1. The molecule has 0 aliphatic heterocycles. The van der Waals surface area contributed by atoms with Gasteiger partial charge in [0.05, 0.1) is 6.04 Å². The first-order valence-corrected chi connectivity index (χ1v) is 9.57. The summed E-state index contributed by atoms with van der Waals surface area (Å²) in [7, 11) is 1.62. The van der Waals surface area contributed by atoms with Crippen molar-refractivity contribution < 1.29 is 13.6 Å². The van der Waals surface area contributed by atoms with Crippen molar-refractivity contribution in [2.24, 2.45) is 10.7 Å². The van der Waals surface area contributed by atoms with Crippen molar-refractivity contribution in [3.63, 3.8) is 0 Å². The normalized spacial score (nSPS) is 13.3. The Morgan fingerprint density at radius 1 is 1.34 bits per heavy atom. The van der Waals surface area contributed by atoms with Crippen molar-refractivity contribution in [3.05, 3.63) is 76.8 Å². The van der Waals surface area contributed by atoms with Gasteiger partial charge in [0.2, 0.25) is 0 Å². The zero-order chi connectivity index (χ0) is 23.3. The monoisotopic (exact) mass is 434 g/mol. The number of pyridine rings is 1. The second kappa shape index (κ2) is 9.66. The molecule has 0 unspecified atom stereocenters. The number of carbonyl (C=O) groups excluding carboxylic acids is 1. The van der Waals surface area contributed by atoms with E-state index in [9.17, 15) is 18.8 Å². The number of benzene rings is 1. The molecule has 0 saturated carbocycles. The summed E-state index contributed by atoms with van der Waals surface area (Å²) in [6, 6.07) is 6.42. The highest BCUT2D eigenvalue weighted by Crippen LogP contribution is 2.23. The number of aliphatic imine (C=N–C) groups is 1. The maximum atomic E-state index is 13.5. The van der Waals surface area contributed by atoms with Gasteiger partial charge in [-0.3, -0.25) is 9.79 Å². The molecule has 3 aromatic rings. The number of nitrogens with one attached hydrogen (secondary N) is 2. The van der Waals surface area contributed by atoms with E-state index in [1.54, 1.807) is 32.6 Å². The Hall–Kier alpha value is -4.32. The van der Waals surface area contributed by atoms with Crippen molar-refractivity contribution in [1.82, 2.24) is 15.3 Å². The molecule has 4 N–H and O–H groups in total. The van der Waals surface area contributed by atoms with Crippen molar-refractivity contribution in [3.8, 4) is 6.07 Å². The molecule has 0 aliphatic rings. The van der Waals surface area contributed by atoms with Crippen LogP contribution in [-0.2, 0) is 4.79 Å². The van der Waals surface area contributed by atoms with E-state index in [0.29, 0.717) is 27.7 Å².